The quantitative estimate of drug-likeness (QED) is 0.644. The molecule has 0 radical (unpaired) electrons. The fourth-order valence-corrected chi connectivity index (χ4v) is 3.38. The zero-order valence-electron chi connectivity index (χ0n) is 14.6. The molecule has 134 valence electrons. The molecule has 0 unspecified atom stereocenters. The third kappa shape index (κ3) is 4.05. The topological polar surface area (TPSA) is 85.1 Å². The van der Waals surface area contributed by atoms with Crippen molar-refractivity contribution >= 4 is 23.0 Å². The molecule has 0 saturated heterocycles. The summed E-state index contributed by atoms with van der Waals surface area (Å²) >= 11 is 1.41. The van der Waals surface area contributed by atoms with Crippen molar-refractivity contribution in [2.75, 3.05) is 6.54 Å². The van der Waals surface area contributed by atoms with Crippen LogP contribution in [-0.4, -0.2) is 28.4 Å². The number of aryl methyl sites for hydroxylation is 1. The molecule has 2 heterocycles. The van der Waals surface area contributed by atoms with Gasteiger partial charge < -0.3 is 9.84 Å². The number of benzene rings is 1. The van der Waals surface area contributed by atoms with Crippen LogP contribution < -0.4 is 5.32 Å². The van der Waals surface area contributed by atoms with Crippen molar-refractivity contribution in [2.45, 2.75) is 26.7 Å². The van der Waals surface area contributed by atoms with Gasteiger partial charge in [-0.1, -0.05) is 24.2 Å². The highest BCUT2D eigenvalue weighted by Crippen LogP contribution is 2.29. The highest BCUT2D eigenvalue weighted by atomic mass is 32.1. The summed E-state index contributed by atoms with van der Waals surface area (Å²) in [6, 6.07) is 9.17. The highest BCUT2D eigenvalue weighted by molar-refractivity contribution is 7.12. The summed E-state index contributed by atoms with van der Waals surface area (Å²) in [4.78, 5) is 29.0. The third-order valence-electron chi connectivity index (χ3n) is 3.87. The molecule has 0 aliphatic carbocycles. The zero-order chi connectivity index (χ0) is 18.5. The smallest absolute Gasteiger partial charge is 0.251 e. The lowest BCUT2D eigenvalue weighted by Crippen LogP contribution is -2.25. The molecule has 0 aliphatic heterocycles. The molecule has 1 amide bonds. The van der Waals surface area contributed by atoms with E-state index in [-0.39, 0.29) is 11.7 Å². The van der Waals surface area contributed by atoms with Crippen molar-refractivity contribution in [1.82, 2.24) is 15.5 Å². The second-order valence-electron chi connectivity index (χ2n) is 5.76. The van der Waals surface area contributed by atoms with Crippen molar-refractivity contribution < 1.29 is 14.1 Å². The van der Waals surface area contributed by atoms with Gasteiger partial charge in [0, 0.05) is 30.5 Å². The lowest BCUT2D eigenvalue weighted by atomic mass is 10.0. The highest BCUT2D eigenvalue weighted by Gasteiger charge is 2.13. The van der Waals surface area contributed by atoms with Crippen LogP contribution in [0.5, 0.6) is 0 Å². The van der Waals surface area contributed by atoms with E-state index in [1.54, 1.807) is 19.1 Å². The number of amides is 1. The number of Topliss-reactive ketones (excluding diaryl/α,β-unsaturated/α-hetero) is 1. The van der Waals surface area contributed by atoms with E-state index in [9.17, 15) is 9.59 Å². The Morgan fingerprint density at radius 3 is 2.85 bits per heavy atom. The number of hydrogen-bond donors (Lipinski definition) is 1. The summed E-state index contributed by atoms with van der Waals surface area (Å²) in [5.74, 6) is 1.03. The normalized spacial score (nSPS) is 10.7. The van der Waals surface area contributed by atoms with Crippen LogP contribution in [0.2, 0.25) is 0 Å². The van der Waals surface area contributed by atoms with E-state index in [2.05, 4.69) is 15.5 Å². The maximum atomic E-state index is 12.4. The summed E-state index contributed by atoms with van der Waals surface area (Å²) < 4.78 is 5.04. The number of nitrogens with one attached hydrogen (secondary N) is 1. The number of hydrogen-bond acceptors (Lipinski definition) is 6. The molecule has 0 aliphatic rings. The van der Waals surface area contributed by atoms with Crippen molar-refractivity contribution in [2.24, 2.45) is 0 Å². The molecule has 26 heavy (non-hydrogen) atoms. The molecule has 1 N–H and O–H groups in total. The summed E-state index contributed by atoms with van der Waals surface area (Å²) in [6.45, 7) is 3.91. The minimum Gasteiger partial charge on any atom is -0.352 e. The van der Waals surface area contributed by atoms with E-state index in [0.717, 1.165) is 11.1 Å². The van der Waals surface area contributed by atoms with E-state index in [4.69, 9.17) is 4.52 Å². The molecular weight excluding hydrogens is 350 g/mol. The predicted octanol–water partition coefficient (Wildman–Crippen LogP) is 3.54. The fourth-order valence-electron chi connectivity index (χ4n) is 2.56. The zero-order valence-corrected chi connectivity index (χ0v) is 15.4. The summed E-state index contributed by atoms with van der Waals surface area (Å²) in [7, 11) is 0. The average Bonchev–Trinajstić information content (AvgIpc) is 3.31. The van der Waals surface area contributed by atoms with Crippen LogP contribution in [-0.2, 0) is 12.8 Å². The van der Waals surface area contributed by atoms with Gasteiger partial charge in [0.25, 0.3) is 5.91 Å². The number of nitrogens with zero attached hydrogens (tertiary/aromatic N) is 2. The van der Waals surface area contributed by atoms with E-state index in [0.29, 0.717) is 41.5 Å². The Balaban J connectivity index is 1.66. The number of rotatable bonds is 7. The number of carbonyl (C=O) groups excluding carboxylic acids is 2. The Morgan fingerprint density at radius 2 is 2.12 bits per heavy atom. The Bertz CT molecular complexity index is 930. The fraction of sp³-hybridized carbons (Fsp3) is 0.263. The van der Waals surface area contributed by atoms with Gasteiger partial charge in [0.1, 0.15) is 0 Å². The summed E-state index contributed by atoms with van der Waals surface area (Å²) in [5, 5.41) is 8.61. The first-order valence-corrected chi connectivity index (χ1v) is 9.25. The summed E-state index contributed by atoms with van der Waals surface area (Å²) in [6.07, 6.45) is 1.20. The minimum absolute atomic E-state index is 0.0245. The maximum Gasteiger partial charge on any atom is 0.251 e. The Morgan fingerprint density at radius 1 is 1.27 bits per heavy atom. The molecular formula is C19H19N3O3S. The average molecular weight is 369 g/mol. The van der Waals surface area contributed by atoms with Gasteiger partial charge in [0.2, 0.25) is 5.89 Å². The second-order valence-corrected chi connectivity index (χ2v) is 6.68. The first kappa shape index (κ1) is 18.0. The number of carbonyl (C=O) groups is 2. The molecule has 6 nitrogen and oxygen atoms in total. The molecule has 0 saturated carbocycles. The SMILES string of the molecule is CCc1nc(CCNC(=O)c2cccc(-c3ccsc3C(C)=O)c2)no1. The maximum absolute atomic E-state index is 12.4. The lowest BCUT2D eigenvalue weighted by molar-refractivity contribution is 0.0953. The van der Waals surface area contributed by atoms with Gasteiger partial charge in [0.05, 0.1) is 4.88 Å². The van der Waals surface area contributed by atoms with Gasteiger partial charge >= 0.3 is 0 Å². The van der Waals surface area contributed by atoms with Crippen molar-refractivity contribution in [3.63, 3.8) is 0 Å². The number of aromatic nitrogens is 2. The van der Waals surface area contributed by atoms with Crippen molar-refractivity contribution in [3.8, 4) is 11.1 Å². The van der Waals surface area contributed by atoms with Crippen LogP contribution in [0.3, 0.4) is 0 Å². The van der Waals surface area contributed by atoms with E-state index in [1.165, 1.54) is 11.3 Å². The van der Waals surface area contributed by atoms with Gasteiger partial charge in [0.15, 0.2) is 11.6 Å². The van der Waals surface area contributed by atoms with Crippen LogP contribution in [0.15, 0.2) is 40.2 Å². The molecule has 1 aromatic carbocycles. The molecule has 0 spiro atoms. The number of ketones is 1. The Kier molecular flexibility index (Phi) is 5.58. The lowest BCUT2D eigenvalue weighted by Gasteiger charge is -2.07. The largest absolute Gasteiger partial charge is 0.352 e. The van der Waals surface area contributed by atoms with Gasteiger partial charge in [-0.25, -0.2) is 0 Å². The molecule has 3 rings (SSSR count). The van der Waals surface area contributed by atoms with E-state index in [1.807, 2.05) is 30.5 Å². The van der Waals surface area contributed by atoms with Gasteiger partial charge in [-0.2, -0.15) is 4.98 Å². The van der Waals surface area contributed by atoms with Gasteiger partial charge in [-0.05, 0) is 36.1 Å². The molecule has 0 bridgehead atoms. The standard InChI is InChI=1S/C19H19N3O3S/c1-3-17-21-16(22-25-17)7-9-20-19(24)14-6-4-5-13(11-14)15-8-10-26-18(15)12(2)23/h4-6,8,10-11H,3,7,9H2,1-2H3,(H,20,24). The van der Waals surface area contributed by atoms with Crippen molar-refractivity contribution in [3.05, 3.63) is 57.9 Å². The molecule has 3 aromatic rings. The molecule has 0 fully saturated rings. The first-order chi connectivity index (χ1) is 12.6. The minimum atomic E-state index is -0.175. The third-order valence-corrected chi connectivity index (χ3v) is 4.88. The Hall–Kier alpha value is -2.80. The summed E-state index contributed by atoms with van der Waals surface area (Å²) in [5.41, 5.74) is 2.26. The van der Waals surface area contributed by atoms with Crippen LogP contribution >= 0.6 is 11.3 Å². The predicted molar refractivity (Wildman–Crippen MR) is 99.5 cm³/mol. The van der Waals surface area contributed by atoms with Crippen LogP contribution in [0.25, 0.3) is 11.1 Å². The van der Waals surface area contributed by atoms with Crippen molar-refractivity contribution in [1.29, 1.82) is 0 Å². The van der Waals surface area contributed by atoms with Gasteiger partial charge in [-0.3, -0.25) is 9.59 Å². The molecule has 0 atom stereocenters. The van der Waals surface area contributed by atoms with Crippen LogP contribution in [0, 0.1) is 0 Å². The monoisotopic (exact) mass is 369 g/mol. The Labute approximate surface area is 155 Å². The molecule has 7 heteroatoms. The van der Waals surface area contributed by atoms with Gasteiger partial charge in [-0.15, -0.1) is 11.3 Å². The first-order valence-electron chi connectivity index (χ1n) is 8.37. The van der Waals surface area contributed by atoms with E-state index >= 15 is 0 Å². The number of thiophene rings is 1. The molecule has 2 aromatic heterocycles. The second kappa shape index (κ2) is 8.05. The van der Waals surface area contributed by atoms with Crippen LogP contribution in [0.4, 0.5) is 0 Å². The van der Waals surface area contributed by atoms with E-state index < -0.39 is 0 Å². The van der Waals surface area contributed by atoms with Crippen LogP contribution in [0.1, 0.15) is 45.6 Å².